The van der Waals surface area contributed by atoms with Crippen LogP contribution in [0.5, 0.6) is 5.75 Å². The van der Waals surface area contributed by atoms with Crippen LogP contribution in [0.2, 0.25) is 5.02 Å². The molecule has 0 N–H and O–H groups in total. The van der Waals surface area contributed by atoms with Crippen molar-refractivity contribution >= 4 is 17.4 Å². The van der Waals surface area contributed by atoms with E-state index in [1.807, 2.05) is 19.1 Å². The number of Topliss-reactive ketones (excluding diaryl/α,β-unsaturated/α-hetero) is 1. The lowest BCUT2D eigenvalue weighted by molar-refractivity contribution is -0.129. The van der Waals surface area contributed by atoms with E-state index in [1.54, 1.807) is 13.2 Å². The van der Waals surface area contributed by atoms with Crippen LogP contribution >= 0.6 is 11.6 Å². The number of benzene rings is 1. The van der Waals surface area contributed by atoms with Crippen LogP contribution in [0.4, 0.5) is 0 Å². The number of likely N-dealkylation sites (N-methyl/N-ethyl adjacent to an activating group) is 1. The molecule has 4 heteroatoms. The van der Waals surface area contributed by atoms with Gasteiger partial charge in [-0.1, -0.05) is 32.4 Å². The van der Waals surface area contributed by atoms with Crippen LogP contribution in [0.3, 0.4) is 0 Å². The first-order valence-electron chi connectivity index (χ1n) is 7.53. The van der Waals surface area contributed by atoms with E-state index in [0.717, 1.165) is 25.1 Å². The smallest absolute Gasteiger partial charge is 0.157 e. The van der Waals surface area contributed by atoms with Crippen molar-refractivity contribution in [2.24, 2.45) is 0 Å². The van der Waals surface area contributed by atoms with Gasteiger partial charge in [0.15, 0.2) is 5.78 Å². The third-order valence-electron chi connectivity index (χ3n) is 4.34. The van der Waals surface area contributed by atoms with Crippen molar-refractivity contribution in [3.8, 4) is 5.75 Å². The summed E-state index contributed by atoms with van der Waals surface area (Å²) in [5.41, 5.74) is 0.401. The summed E-state index contributed by atoms with van der Waals surface area (Å²) in [5, 5.41) is 0.625. The Bertz CT molecular complexity index is 486. The number of ketones is 1. The molecule has 0 saturated heterocycles. The summed E-state index contributed by atoms with van der Waals surface area (Å²) >= 11 is 6.05. The number of carbonyl (C=O) groups excluding carboxylic acids is 1. The van der Waals surface area contributed by atoms with E-state index in [-0.39, 0.29) is 5.78 Å². The van der Waals surface area contributed by atoms with Crippen molar-refractivity contribution in [1.29, 1.82) is 0 Å². The highest BCUT2D eigenvalue weighted by Gasteiger charge is 2.35. The van der Waals surface area contributed by atoms with E-state index in [2.05, 4.69) is 25.7 Å². The third-order valence-corrected chi connectivity index (χ3v) is 4.58. The van der Waals surface area contributed by atoms with E-state index in [0.29, 0.717) is 17.2 Å². The van der Waals surface area contributed by atoms with Gasteiger partial charge in [-0.2, -0.15) is 0 Å². The number of rotatable bonds is 8. The standard InChI is InChI=1S/C17H26ClNO2/c1-6-17(4,19(7-2)8-3)16(20)12-13-11-14(18)9-10-15(13)21-5/h9-11H,6-8,12H2,1-5H3. The summed E-state index contributed by atoms with van der Waals surface area (Å²) < 4.78 is 5.34. The summed E-state index contributed by atoms with van der Waals surface area (Å²) in [5.74, 6) is 0.917. The summed E-state index contributed by atoms with van der Waals surface area (Å²) in [7, 11) is 1.61. The molecule has 1 aromatic rings. The van der Waals surface area contributed by atoms with Crippen molar-refractivity contribution in [3.63, 3.8) is 0 Å². The van der Waals surface area contributed by atoms with Crippen LogP contribution in [0.15, 0.2) is 18.2 Å². The minimum Gasteiger partial charge on any atom is -0.496 e. The Hall–Kier alpha value is -1.06. The van der Waals surface area contributed by atoms with E-state index < -0.39 is 5.54 Å². The Kier molecular flexibility index (Phi) is 6.69. The maximum Gasteiger partial charge on any atom is 0.157 e. The Balaban J connectivity index is 3.05. The van der Waals surface area contributed by atoms with Crippen LogP contribution < -0.4 is 4.74 Å². The summed E-state index contributed by atoms with van der Waals surface area (Å²) in [6.45, 7) is 9.98. The molecule has 1 aromatic carbocycles. The number of methoxy groups -OCH3 is 1. The number of hydrogen-bond donors (Lipinski definition) is 0. The van der Waals surface area contributed by atoms with Gasteiger partial charge in [-0.25, -0.2) is 0 Å². The van der Waals surface area contributed by atoms with Gasteiger partial charge in [0, 0.05) is 17.0 Å². The van der Waals surface area contributed by atoms with Gasteiger partial charge in [0.1, 0.15) is 5.75 Å². The summed E-state index contributed by atoms with van der Waals surface area (Å²) in [6.07, 6.45) is 1.13. The predicted octanol–water partition coefficient (Wildman–Crippen LogP) is 3.97. The zero-order valence-electron chi connectivity index (χ0n) is 13.7. The van der Waals surface area contributed by atoms with Gasteiger partial charge >= 0.3 is 0 Å². The second-order valence-corrected chi connectivity index (χ2v) is 5.79. The first kappa shape index (κ1) is 18.0. The predicted molar refractivity (Wildman–Crippen MR) is 88.3 cm³/mol. The van der Waals surface area contributed by atoms with Crippen LogP contribution in [0.25, 0.3) is 0 Å². The van der Waals surface area contributed by atoms with Crippen molar-refractivity contribution in [2.45, 2.75) is 46.1 Å². The molecule has 0 aliphatic rings. The largest absolute Gasteiger partial charge is 0.496 e. The van der Waals surface area contributed by atoms with Gasteiger partial charge in [-0.15, -0.1) is 0 Å². The number of nitrogens with zero attached hydrogens (tertiary/aromatic N) is 1. The minimum absolute atomic E-state index is 0.203. The monoisotopic (exact) mass is 311 g/mol. The lowest BCUT2D eigenvalue weighted by Crippen LogP contribution is -2.52. The lowest BCUT2D eigenvalue weighted by Gasteiger charge is -2.38. The number of carbonyl (C=O) groups is 1. The van der Waals surface area contributed by atoms with Crippen molar-refractivity contribution in [1.82, 2.24) is 4.90 Å². The molecule has 21 heavy (non-hydrogen) atoms. The molecular formula is C17H26ClNO2. The molecule has 1 rings (SSSR count). The normalized spacial score (nSPS) is 14.0. The van der Waals surface area contributed by atoms with Crippen LogP contribution in [-0.2, 0) is 11.2 Å². The van der Waals surface area contributed by atoms with Crippen LogP contribution in [0.1, 0.15) is 39.7 Å². The van der Waals surface area contributed by atoms with E-state index in [1.165, 1.54) is 0 Å². The SMILES string of the molecule is CCN(CC)C(C)(CC)C(=O)Cc1cc(Cl)ccc1OC. The molecular weight excluding hydrogens is 286 g/mol. The topological polar surface area (TPSA) is 29.5 Å². The highest BCUT2D eigenvalue weighted by Crippen LogP contribution is 2.27. The molecule has 0 aliphatic carbocycles. The zero-order valence-corrected chi connectivity index (χ0v) is 14.5. The molecule has 0 fully saturated rings. The van der Waals surface area contributed by atoms with Crippen LogP contribution in [0, 0.1) is 0 Å². The van der Waals surface area contributed by atoms with E-state index in [4.69, 9.17) is 16.3 Å². The lowest BCUT2D eigenvalue weighted by atomic mass is 9.87. The molecule has 118 valence electrons. The third kappa shape index (κ3) is 3.98. The minimum atomic E-state index is -0.448. The molecule has 0 bridgehead atoms. The molecule has 3 nitrogen and oxygen atoms in total. The highest BCUT2D eigenvalue weighted by atomic mass is 35.5. The van der Waals surface area contributed by atoms with Gasteiger partial charge in [0.2, 0.25) is 0 Å². The van der Waals surface area contributed by atoms with E-state index >= 15 is 0 Å². The summed E-state index contributed by atoms with van der Waals surface area (Å²) in [4.78, 5) is 15.1. The van der Waals surface area contributed by atoms with Gasteiger partial charge in [-0.3, -0.25) is 9.69 Å². The molecule has 1 unspecified atom stereocenters. The molecule has 0 amide bonds. The summed E-state index contributed by atoms with van der Waals surface area (Å²) in [6, 6.07) is 5.40. The first-order valence-corrected chi connectivity index (χ1v) is 7.91. The molecule has 0 aliphatic heterocycles. The fraction of sp³-hybridized carbons (Fsp3) is 0.588. The Labute approximate surface area is 133 Å². The Morgan fingerprint density at radius 3 is 2.38 bits per heavy atom. The number of hydrogen-bond acceptors (Lipinski definition) is 3. The maximum absolute atomic E-state index is 12.9. The molecule has 0 aromatic heterocycles. The second kappa shape index (κ2) is 7.81. The first-order chi connectivity index (χ1) is 9.92. The fourth-order valence-corrected chi connectivity index (χ4v) is 2.96. The fourth-order valence-electron chi connectivity index (χ4n) is 2.77. The highest BCUT2D eigenvalue weighted by molar-refractivity contribution is 6.30. The number of halogens is 1. The van der Waals surface area contributed by atoms with E-state index in [9.17, 15) is 4.79 Å². The quantitative estimate of drug-likeness (QED) is 0.727. The average molecular weight is 312 g/mol. The van der Waals surface area contributed by atoms with Crippen molar-refractivity contribution in [2.75, 3.05) is 20.2 Å². The van der Waals surface area contributed by atoms with Gasteiger partial charge in [0.05, 0.1) is 12.6 Å². The average Bonchev–Trinajstić information content (AvgIpc) is 2.48. The Morgan fingerprint density at radius 1 is 1.29 bits per heavy atom. The molecule has 0 saturated carbocycles. The molecule has 0 heterocycles. The van der Waals surface area contributed by atoms with Gasteiger partial charge in [-0.05, 0) is 44.6 Å². The second-order valence-electron chi connectivity index (χ2n) is 5.36. The Morgan fingerprint density at radius 2 is 1.90 bits per heavy atom. The van der Waals surface area contributed by atoms with Crippen LogP contribution in [-0.4, -0.2) is 36.4 Å². The van der Waals surface area contributed by atoms with Gasteiger partial charge in [0.25, 0.3) is 0 Å². The molecule has 0 radical (unpaired) electrons. The zero-order chi connectivity index (χ0) is 16.0. The molecule has 1 atom stereocenters. The van der Waals surface area contributed by atoms with Gasteiger partial charge < -0.3 is 4.74 Å². The van der Waals surface area contributed by atoms with Crippen molar-refractivity contribution in [3.05, 3.63) is 28.8 Å². The maximum atomic E-state index is 12.9. The number of ether oxygens (including phenoxy) is 1. The molecule has 0 spiro atoms. The van der Waals surface area contributed by atoms with Crippen molar-refractivity contribution < 1.29 is 9.53 Å².